The van der Waals surface area contributed by atoms with Crippen LogP contribution in [-0.4, -0.2) is 23.0 Å². The maximum absolute atomic E-state index is 12.7. The van der Waals surface area contributed by atoms with E-state index in [0.717, 1.165) is 57.9 Å². The minimum Gasteiger partial charge on any atom is -0.497 e. The lowest BCUT2D eigenvalue weighted by molar-refractivity contribution is 0.102. The predicted octanol–water partition coefficient (Wildman–Crippen LogP) is 3.76. The highest BCUT2D eigenvalue weighted by molar-refractivity contribution is 6.06. The predicted molar refractivity (Wildman–Crippen MR) is 109 cm³/mol. The Morgan fingerprint density at radius 3 is 2.71 bits per heavy atom. The second-order valence-corrected chi connectivity index (χ2v) is 7.12. The molecule has 4 aromatic rings. The van der Waals surface area contributed by atoms with Gasteiger partial charge in [0.1, 0.15) is 11.4 Å². The molecule has 0 saturated heterocycles. The van der Waals surface area contributed by atoms with E-state index in [0.29, 0.717) is 11.4 Å². The Labute approximate surface area is 160 Å². The van der Waals surface area contributed by atoms with E-state index in [4.69, 9.17) is 4.74 Å². The molecule has 0 fully saturated rings. The summed E-state index contributed by atoms with van der Waals surface area (Å²) in [6, 6.07) is 13.1. The number of pyridine rings is 1. The zero-order chi connectivity index (χ0) is 19.3. The number of fused-ring (bicyclic) bond motifs is 4. The van der Waals surface area contributed by atoms with Crippen LogP contribution in [0.25, 0.3) is 21.8 Å². The Balaban J connectivity index is 1.47. The number of rotatable bonds is 3. The van der Waals surface area contributed by atoms with Gasteiger partial charge in [-0.1, -0.05) is 6.07 Å². The van der Waals surface area contributed by atoms with Gasteiger partial charge >= 0.3 is 0 Å². The summed E-state index contributed by atoms with van der Waals surface area (Å²) in [5.41, 5.74) is 4.72. The summed E-state index contributed by atoms with van der Waals surface area (Å²) < 4.78 is 5.22. The fourth-order valence-corrected chi connectivity index (χ4v) is 4.03. The molecule has 2 aromatic carbocycles. The number of aromatic nitrogens is 2. The van der Waals surface area contributed by atoms with Crippen LogP contribution in [0.5, 0.6) is 5.75 Å². The maximum atomic E-state index is 12.7. The van der Waals surface area contributed by atoms with E-state index in [1.807, 2.05) is 36.4 Å². The molecule has 2 heterocycles. The van der Waals surface area contributed by atoms with Crippen LogP contribution in [0.15, 0.2) is 47.3 Å². The van der Waals surface area contributed by atoms with E-state index >= 15 is 0 Å². The summed E-state index contributed by atoms with van der Waals surface area (Å²) in [4.78, 5) is 31.0. The van der Waals surface area contributed by atoms with Gasteiger partial charge in [0, 0.05) is 33.6 Å². The third-order valence-corrected chi connectivity index (χ3v) is 5.42. The average molecular weight is 373 g/mol. The highest BCUT2D eigenvalue weighted by Gasteiger charge is 2.18. The van der Waals surface area contributed by atoms with E-state index in [1.165, 1.54) is 0 Å². The monoisotopic (exact) mass is 373 g/mol. The van der Waals surface area contributed by atoms with Crippen molar-refractivity contribution in [2.24, 2.45) is 0 Å². The number of aryl methyl sites for hydroxylation is 1. The molecular weight excluding hydrogens is 354 g/mol. The van der Waals surface area contributed by atoms with Crippen LogP contribution < -0.4 is 15.6 Å². The van der Waals surface area contributed by atoms with Crippen molar-refractivity contribution in [1.82, 2.24) is 9.97 Å². The molecule has 2 aromatic heterocycles. The minimum atomic E-state index is -0.238. The molecule has 140 valence electrons. The molecule has 0 atom stereocenters. The largest absolute Gasteiger partial charge is 0.497 e. The van der Waals surface area contributed by atoms with Crippen LogP contribution in [0.1, 0.15) is 28.0 Å². The Morgan fingerprint density at radius 1 is 1.00 bits per heavy atom. The van der Waals surface area contributed by atoms with Crippen molar-refractivity contribution in [3.8, 4) is 5.75 Å². The number of ether oxygens (including phenoxy) is 1. The van der Waals surface area contributed by atoms with Crippen molar-refractivity contribution in [3.63, 3.8) is 0 Å². The third-order valence-electron chi connectivity index (χ3n) is 5.42. The molecule has 5 rings (SSSR count). The first-order valence-electron chi connectivity index (χ1n) is 9.28. The number of methoxy groups -OCH3 is 1. The first-order valence-corrected chi connectivity index (χ1v) is 9.28. The lowest BCUT2D eigenvalue weighted by Crippen LogP contribution is -2.14. The second-order valence-electron chi connectivity index (χ2n) is 7.12. The van der Waals surface area contributed by atoms with Gasteiger partial charge in [-0.3, -0.25) is 9.59 Å². The van der Waals surface area contributed by atoms with Crippen molar-refractivity contribution in [3.05, 3.63) is 69.6 Å². The number of hydrogen-bond donors (Lipinski definition) is 3. The minimum absolute atomic E-state index is 0.0203. The van der Waals surface area contributed by atoms with Crippen LogP contribution >= 0.6 is 0 Å². The van der Waals surface area contributed by atoms with Gasteiger partial charge in [-0.25, -0.2) is 0 Å². The normalized spacial score (nSPS) is 13.0. The highest BCUT2D eigenvalue weighted by atomic mass is 16.5. The van der Waals surface area contributed by atoms with Crippen molar-refractivity contribution < 1.29 is 9.53 Å². The highest BCUT2D eigenvalue weighted by Crippen LogP contribution is 2.28. The van der Waals surface area contributed by atoms with Crippen LogP contribution in [0, 0.1) is 0 Å². The van der Waals surface area contributed by atoms with Crippen molar-refractivity contribution in [2.45, 2.75) is 19.3 Å². The van der Waals surface area contributed by atoms with Crippen molar-refractivity contribution in [1.29, 1.82) is 0 Å². The molecule has 1 aliphatic carbocycles. The van der Waals surface area contributed by atoms with E-state index in [1.54, 1.807) is 13.2 Å². The van der Waals surface area contributed by atoms with Gasteiger partial charge < -0.3 is 20.0 Å². The Kier molecular flexibility index (Phi) is 3.72. The Hall–Kier alpha value is -3.54. The Morgan fingerprint density at radius 2 is 1.86 bits per heavy atom. The smallest absolute Gasteiger partial charge is 0.272 e. The van der Waals surface area contributed by atoms with E-state index in [9.17, 15) is 9.59 Å². The van der Waals surface area contributed by atoms with Crippen molar-refractivity contribution in [2.75, 3.05) is 12.4 Å². The molecule has 1 amide bonds. The molecular formula is C22H19N3O3. The van der Waals surface area contributed by atoms with Gasteiger partial charge in [-0.15, -0.1) is 0 Å². The first-order chi connectivity index (χ1) is 13.6. The van der Waals surface area contributed by atoms with Gasteiger partial charge in [0.25, 0.3) is 11.5 Å². The Bertz CT molecular complexity index is 1300. The number of benzene rings is 2. The lowest BCUT2D eigenvalue weighted by atomic mass is 10.1. The topological polar surface area (TPSA) is 87.0 Å². The van der Waals surface area contributed by atoms with Gasteiger partial charge in [0.05, 0.1) is 12.6 Å². The maximum Gasteiger partial charge on any atom is 0.272 e. The summed E-state index contributed by atoms with van der Waals surface area (Å²) in [7, 11) is 1.61. The second kappa shape index (κ2) is 6.27. The number of nitrogens with one attached hydrogen (secondary N) is 3. The zero-order valence-corrected chi connectivity index (χ0v) is 15.4. The molecule has 0 saturated carbocycles. The number of aromatic amines is 2. The third kappa shape index (κ3) is 2.65. The molecule has 0 spiro atoms. The van der Waals surface area contributed by atoms with Crippen LogP contribution in [0.2, 0.25) is 0 Å². The number of carbonyl (C=O) groups is 1. The SMILES string of the molecule is COc1ccc2cc(C(=O)Nc3ccc4c5c(c(=O)[nH]c4c3)CCC5)[nH]c2c1. The molecule has 3 N–H and O–H groups in total. The summed E-state index contributed by atoms with van der Waals surface area (Å²) in [6.45, 7) is 0. The molecule has 1 aliphatic rings. The first kappa shape index (κ1) is 16.6. The zero-order valence-electron chi connectivity index (χ0n) is 15.4. The average Bonchev–Trinajstić information content (AvgIpc) is 3.35. The number of hydrogen-bond acceptors (Lipinski definition) is 3. The van der Waals surface area contributed by atoms with Crippen LogP contribution in [0.4, 0.5) is 5.69 Å². The molecule has 0 bridgehead atoms. The molecule has 0 radical (unpaired) electrons. The quantitative estimate of drug-likeness (QED) is 0.511. The fraction of sp³-hybridized carbons (Fsp3) is 0.182. The molecule has 28 heavy (non-hydrogen) atoms. The summed E-state index contributed by atoms with van der Waals surface area (Å²) in [5.74, 6) is 0.491. The van der Waals surface area contributed by atoms with E-state index in [-0.39, 0.29) is 11.5 Å². The number of carbonyl (C=O) groups excluding carboxylic acids is 1. The lowest BCUT2D eigenvalue weighted by Gasteiger charge is -2.08. The molecule has 6 nitrogen and oxygen atoms in total. The van der Waals surface area contributed by atoms with Crippen LogP contribution in [-0.2, 0) is 12.8 Å². The number of anilines is 1. The van der Waals surface area contributed by atoms with Crippen LogP contribution in [0.3, 0.4) is 0 Å². The number of amides is 1. The fourth-order valence-electron chi connectivity index (χ4n) is 4.03. The summed E-state index contributed by atoms with van der Waals surface area (Å²) >= 11 is 0. The van der Waals surface area contributed by atoms with Gasteiger partial charge in [0.2, 0.25) is 0 Å². The summed E-state index contributed by atoms with van der Waals surface area (Å²) in [6.07, 6.45) is 2.78. The number of H-pyrrole nitrogens is 2. The van der Waals surface area contributed by atoms with Gasteiger partial charge in [-0.2, -0.15) is 0 Å². The summed E-state index contributed by atoms with van der Waals surface area (Å²) in [5, 5.41) is 4.90. The van der Waals surface area contributed by atoms with E-state index in [2.05, 4.69) is 15.3 Å². The molecule has 0 unspecified atom stereocenters. The standard InChI is InChI=1S/C22H19N3O3/c1-28-14-7-5-12-9-20(24-18(12)11-14)22(27)23-13-6-8-16-15-3-2-4-17(15)21(26)25-19(16)10-13/h5-11,24H,2-4H2,1H3,(H,23,27)(H,25,26). The van der Waals surface area contributed by atoms with Gasteiger partial charge in [-0.05, 0) is 55.2 Å². The van der Waals surface area contributed by atoms with Crippen molar-refractivity contribution >= 4 is 33.4 Å². The molecule has 0 aliphatic heterocycles. The van der Waals surface area contributed by atoms with Gasteiger partial charge in [0.15, 0.2) is 0 Å². The molecule has 6 heteroatoms. The van der Waals surface area contributed by atoms with E-state index < -0.39 is 0 Å².